The van der Waals surface area contributed by atoms with Crippen molar-refractivity contribution in [2.75, 3.05) is 19.8 Å². The quantitative estimate of drug-likeness (QED) is 0.566. The normalized spacial score (nSPS) is 11.1. The van der Waals surface area contributed by atoms with E-state index in [1.165, 1.54) is 6.20 Å². The summed E-state index contributed by atoms with van der Waals surface area (Å²) >= 11 is 2.07. The summed E-state index contributed by atoms with van der Waals surface area (Å²) in [7, 11) is 0. The zero-order valence-electron chi connectivity index (χ0n) is 12.0. The summed E-state index contributed by atoms with van der Waals surface area (Å²) in [6.07, 6.45) is 1.34. The first-order chi connectivity index (χ1) is 10.5. The summed E-state index contributed by atoms with van der Waals surface area (Å²) in [5, 5.41) is 19.2. The van der Waals surface area contributed by atoms with Gasteiger partial charge in [-0.2, -0.15) is 0 Å². The molecule has 118 valence electrons. The zero-order chi connectivity index (χ0) is 16.3. The number of pyridine rings is 1. The second-order valence-corrected chi connectivity index (χ2v) is 5.93. The van der Waals surface area contributed by atoms with Crippen molar-refractivity contribution in [2.24, 2.45) is 0 Å². The highest BCUT2D eigenvalue weighted by Gasteiger charge is 2.19. The molecule has 0 radical (unpaired) electrons. The van der Waals surface area contributed by atoms with Gasteiger partial charge in [-0.1, -0.05) is 0 Å². The Kier molecular flexibility index (Phi) is 5.54. The molecule has 0 aliphatic rings. The second-order valence-electron chi connectivity index (χ2n) is 4.68. The third-order valence-corrected chi connectivity index (χ3v) is 3.98. The van der Waals surface area contributed by atoms with Gasteiger partial charge in [0.15, 0.2) is 0 Å². The molecular formula is C15H16INO5. The minimum atomic E-state index is -0.711. The molecule has 6 nitrogen and oxygen atoms in total. The molecule has 7 heteroatoms. The van der Waals surface area contributed by atoms with Crippen molar-refractivity contribution in [2.45, 2.75) is 13.0 Å². The lowest BCUT2D eigenvalue weighted by atomic mass is 10.1. The van der Waals surface area contributed by atoms with Crippen LogP contribution in [0.2, 0.25) is 0 Å². The van der Waals surface area contributed by atoms with E-state index in [1.54, 1.807) is 23.6 Å². The molecule has 1 aromatic heterocycles. The van der Waals surface area contributed by atoms with Crippen LogP contribution in [-0.2, 0) is 4.74 Å². The molecule has 1 aromatic carbocycles. The molecule has 2 rings (SSSR count). The van der Waals surface area contributed by atoms with Gasteiger partial charge >= 0.3 is 5.97 Å². The number of carbonyl (C=O) groups is 1. The van der Waals surface area contributed by atoms with Crippen LogP contribution in [0.15, 0.2) is 29.2 Å². The number of benzene rings is 1. The summed E-state index contributed by atoms with van der Waals surface area (Å²) < 4.78 is 7.30. The molecule has 0 unspecified atom stereocenters. The van der Waals surface area contributed by atoms with E-state index in [0.717, 1.165) is 3.57 Å². The predicted octanol–water partition coefficient (Wildman–Crippen LogP) is 1.31. The Morgan fingerprint density at radius 2 is 2.05 bits per heavy atom. The lowest BCUT2D eigenvalue weighted by Gasteiger charge is -2.20. The minimum absolute atomic E-state index is 0.108. The highest BCUT2D eigenvalue weighted by atomic mass is 127. The van der Waals surface area contributed by atoms with Crippen LogP contribution in [0.25, 0.3) is 10.9 Å². The van der Waals surface area contributed by atoms with E-state index in [0.29, 0.717) is 10.9 Å². The number of nitrogens with zero attached hydrogens (tertiary/aromatic N) is 1. The maximum Gasteiger partial charge on any atom is 0.343 e. The molecule has 0 fully saturated rings. The molecule has 0 saturated carbocycles. The van der Waals surface area contributed by atoms with Gasteiger partial charge in [-0.25, -0.2) is 4.79 Å². The molecule has 0 aliphatic heterocycles. The Morgan fingerprint density at radius 1 is 1.36 bits per heavy atom. The van der Waals surface area contributed by atoms with Crippen LogP contribution >= 0.6 is 22.6 Å². The number of hydrogen-bond acceptors (Lipinski definition) is 5. The Labute approximate surface area is 140 Å². The Bertz CT molecular complexity index is 751. The number of aliphatic hydroxyl groups excluding tert-OH is 2. The van der Waals surface area contributed by atoms with Crippen LogP contribution in [0.5, 0.6) is 0 Å². The molecule has 0 atom stereocenters. The lowest BCUT2D eigenvalue weighted by molar-refractivity contribution is 0.0523. The molecule has 0 saturated heterocycles. The van der Waals surface area contributed by atoms with Gasteiger partial charge in [-0.05, 0) is 47.7 Å². The Hall–Kier alpha value is -1.45. The largest absolute Gasteiger partial charge is 0.462 e. The van der Waals surface area contributed by atoms with E-state index in [1.807, 2.05) is 6.07 Å². The number of carbonyl (C=O) groups excluding carboxylic acids is 1. The van der Waals surface area contributed by atoms with Crippen LogP contribution in [0, 0.1) is 3.57 Å². The fourth-order valence-corrected chi connectivity index (χ4v) is 2.71. The van der Waals surface area contributed by atoms with E-state index in [-0.39, 0.29) is 25.4 Å². The number of esters is 1. The van der Waals surface area contributed by atoms with Crippen molar-refractivity contribution in [1.29, 1.82) is 0 Å². The number of hydrogen-bond donors (Lipinski definition) is 2. The lowest BCUT2D eigenvalue weighted by Crippen LogP contribution is -2.25. The summed E-state index contributed by atoms with van der Waals surface area (Å²) in [5.41, 5.74) is 0.0210. The van der Waals surface area contributed by atoms with Gasteiger partial charge in [-0.15, -0.1) is 0 Å². The monoisotopic (exact) mass is 417 g/mol. The van der Waals surface area contributed by atoms with Crippen LogP contribution in [0.3, 0.4) is 0 Å². The van der Waals surface area contributed by atoms with Gasteiger partial charge < -0.3 is 19.5 Å². The topological polar surface area (TPSA) is 88.8 Å². The molecule has 22 heavy (non-hydrogen) atoms. The smallest absolute Gasteiger partial charge is 0.343 e. The van der Waals surface area contributed by atoms with Crippen molar-refractivity contribution in [3.05, 3.63) is 43.8 Å². The fourth-order valence-electron chi connectivity index (χ4n) is 2.22. The van der Waals surface area contributed by atoms with Gasteiger partial charge in [0.05, 0.1) is 31.4 Å². The van der Waals surface area contributed by atoms with Gasteiger partial charge in [0.25, 0.3) is 0 Å². The molecule has 0 bridgehead atoms. The van der Waals surface area contributed by atoms with Crippen molar-refractivity contribution in [1.82, 2.24) is 4.57 Å². The van der Waals surface area contributed by atoms with Crippen molar-refractivity contribution >= 4 is 39.5 Å². The maximum atomic E-state index is 12.5. The number of aliphatic hydroxyl groups is 2. The number of aromatic nitrogens is 1. The highest BCUT2D eigenvalue weighted by Crippen LogP contribution is 2.20. The first-order valence-electron chi connectivity index (χ1n) is 6.76. The summed E-state index contributed by atoms with van der Waals surface area (Å²) in [4.78, 5) is 24.5. The number of fused-ring (bicyclic) bond motifs is 1. The molecular weight excluding hydrogens is 401 g/mol. The van der Waals surface area contributed by atoms with E-state index in [2.05, 4.69) is 22.6 Å². The first kappa shape index (κ1) is 16.9. The third-order valence-electron chi connectivity index (χ3n) is 3.30. The van der Waals surface area contributed by atoms with Gasteiger partial charge in [-0.3, -0.25) is 4.79 Å². The summed E-state index contributed by atoms with van der Waals surface area (Å²) in [5.74, 6) is -0.711. The zero-order valence-corrected chi connectivity index (χ0v) is 14.1. The average molecular weight is 417 g/mol. The van der Waals surface area contributed by atoms with Crippen LogP contribution < -0.4 is 5.43 Å². The van der Waals surface area contributed by atoms with Crippen molar-refractivity contribution < 1.29 is 19.7 Å². The van der Waals surface area contributed by atoms with E-state index < -0.39 is 17.4 Å². The van der Waals surface area contributed by atoms with E-state index in [9.17, 15) is 19.8 Å². The van der Waals surface area contributed by atoms with Crippen LogP contribution in [0.4, 0.5) is 0 Å². The number of rotatable bonds is 5. The Balaban J connectivity index is 2.80. The SMILES string of the molecule is CCOC(=O)c1cn(C(CO)CO)c2ccc(I)cc2c1=O. The molecule has 0 amide bonds. The number of halogens is 1. The van der Waals surface area contributed by atoms with Crippen LogP contribution in [-0.4, -0.2) is 40.6 Å². The van der Waals surface area contributed by atoms with Gasteiger partial charge in [0, 0.05) is 15.2 Å². The minimum Gasteiger partial charge on any atom is -0.462 e. The summed E-state index contributed by atoms with van der Waals surface area (Å²) in [6.45, 7) is 1.18. The fraction of sp³-hybridized carbons (Fsp3) is 0.333. The molecule has 2 aromatic rings. The third kappa shape index (κ3) is 3.16. The first-order valence-corrected chi connectivity index (χ1v) is 7.84. The molecule has 2 N–H and O–H groups in total. The highest BCUT2D eigenvalue weighted by molar-refractivity contribution is 14.1. The predicted molar refractivity (Wildman–Crippen MR) is 90.1 cm³/mol. The molecule has 1 heterocycles. The Morgan fingerprint density at radius 3 is 2.64 bits per heavy atom. The van der Waals surface area contributed by atoms with Crippen molar-refractivity contribution in [3.8, 4) is 0 Å². The van der Waals surface area contributed by atoms with Gasteiger partial charge in [0.1, 0.15) is 5.56 Å². The maximum absolute atomic E-state index is 12.5. The van der Waals surface area contributed by atoms with E-state index in [4.69, 9.17) is 4.74 Å². The van der Waals surface area contributed by atoms with Gasteiger partial charge in [0.2, 0.25) is 5.43 Å². The molecule has 0 spiro atoms. The standard InChI is InChI=1S/C15H16INO5/c1-2-22-15(21)12-6-17(10(7-18)8-19)13-4-3-9(16)5-11(13)14(12)20/h3-6,10,18-19H,2,7-8H2,1H3. The van der Waals surface area contributed by atoms with E-state index >= 15 is 0 Å². The second kappa shape index (κ2) is 7.21. The number of ether oxygens (including phenoxy) is 1. The molecule has 0 aliphatic carbocycles. The van der Waals surface area contributed by atoms with Crippen molar-refractivity contribution in [3.63, 3.8) is 0 Å². The summed E-state index contributed by atoms with van der Waals surface area (Å²) in [6, 6.07) is 4.57. The average Bonchev–Trinajstić information content (AvgIpc) is 2.51. The van der Waals surface area contributed by atoms with Crippen LogP contribution in [0.1, 0.15) is 23.3 Å².